The van der Waals surface area contributed by atoms with Crippen molar-refractivity contribution in [3.05, 3.63) is 42.1 Å². The van der Waals surface area contributed by atoms with Gasteiger partial charge in [0.15, 0.2) is 0 Å². The number of hydrogen-bond donors (Lipinski definition) is 0. The smallest absolute Gasteiger partial charge is 0.0704 e. The molecule has 0 unspecified atom stereocenters. The molecule has 1 aromatic heterocycles. The Bertz CT molecular complexity index is 642. The lowest BCUT2D eigenvalue weighted by atomic mass is 9.58. The number of benzene rings is 1. The van der Waals surface area contributed by atoms with Crippen LogP contribution in [0.3, 0.4) is 0 Å². The van der Waals surface area contributed by atoms with Gasteiger partial charge in [-0.1, -0.05) is 31.5 Å². The van der Waals surface area contributed by atoms with E-state index in [-0.39, 0.29) is 0 Å². The number of hydrogen-bond acceptors (Lipinski definition) is 1. The largest absolute Gasteiger partial charge is 0.256 e. The van der Waals surface area contributed by atoms with Crippen LogP contribution in [0.25, 0.3) is 10.9 Å². The minimum Gasteiger partial charge on any atom is -0.256 e. The molecule has 1 heterocycles. The number of para-hydroxylation sites is 1. The van der Waals surface area contributed by atoms with Crippen LogP contribution in [0.4, 0.5) is 0 Å². The average Bonchev–Trinajstić information content (AvgIpc) is 2.60. The highest BCUT2D eigenvalue weighted by Crippen LogP contribution is 2.50. The number of nitrogens with zero attached hydrogens (tertiary/aromatic N) is 1. The van der Waals surface area contributed by atoms with Gasteiger partial charge in [0.25, 0.3) is 0 Å². The molecule has 1 aromatic carbocycles. The first kappa shape index (κ1) is 14.2. The van der Waals surface area contributed by atoms with Crippen molar-refractivity contribution in [2.45, 2.75) is 51.9 Å². The molecule has 0 aliphatic heterocycles. The van der Waals surface area contributed by atoms with E-state index in [4.69, 9.17) is 0 Å². The highest BCUT2D eigenvalue weighted by molar-refractivity contribution is 5.81. The molecule has 5 rings (SSSR count). The molecule has 22 heavy (non-hydrogen) atoms. The molecule has 0 N–H and O–H groups in total. The van der Waals surface area contributed by atoms with Crippen LogP contribution in [-0.2, 0) is 6.42 Å². The molecule has 3 aliphatic rings. The third-order valence-corrected chi connectivity index (χ3v) is 6.50. The van der Waals surface area contributed by atoms with Crippen LogP contribution >= 0.6 is 0 Å². The van der Waals surface area contributed by atoms with Gasteiger partial charge in [-0.2, -0.15) is 0 Å². The third kappa shape index (κ3) is 2.55. The third-order valence-electron chi connectivity index (χ3n) is 6.50. The van der Waals surface area contributed by atoms with Crippen LogP contribution in [0, 0.1) is 23.7 Å². The zero-order valence-electron chi connectivity index (χ0n) is 13.7. The maximum atomic E-state index is 4.50. The quantitative estimate of drug-likeness (QED) is 0.712. The summed E-state index contributed by atoms with van der Waals surface area (Å²) < 4.78 is 0. The fourth-order valence-electron chi connectivity index (χ4n) is 5.25. The molecule has 116 valence electrons. The van der Waals surface area contributed by atoms with Crippen LogP contribution in [0.1, 0.15) is 51.0 Å². The van der Waals surface area contributed by atoms with Crippen molar-refractivity contribution in [1.29, 1.82) is 0 Å². The standard InChI is InChI=1S/C21H27N/c1-2-15-13-18-10-9-17(15)14-19(18)8-7-16-11-12-22-21-6-4-3-5-20(16)21/h3-6,11-12,15,17-19H,2,7-10,13-14H2,1H3/t15-,17+,18+,19-/m1/s1. The van der Waals surface area contributed by atoms with Gasteiger partial charge in [0.1, 0.15) is 0 Å². The summed E-state index contributed by atoms with van der Waals surface area (Å²) in [6, 6.07) is 10.8. The lowest BCUT2D eigenvalue weighted by molar-refractivity contribution is 0.0350. The first-order chi connectivity index (χ1) is 10.8. The first-order valence-electron chi connectivity index (χ1n) is 9.17. The number of aromatic nitrogens is 1. The highest BCUT2D eigenvalue weighted by atomic mass is 14.6. The Morgan fingerprint density at radius 1 is 1.00 bits per heavy atom. The number of rotatable bonds is 4. The molecule has 0 spiro atoms. The first-order valence-corrected chi connectivity index (χ1v) is 9.17. The molecular weight excluding hydrogens is 266 g/mol. The highest BCUT2D eigenvalue weighted by Gasteiger charge is 2.40. The van der Waals surface area contributed by atoms with E-state index in [2.05, 4.69) is 42.2 Å². The molecular formula is C21H27N. The van der Waals surface area contributed by atoms with Gasteiger partial charge in [0.2, 0.25) is 0 Å². The van der Waals surface area contributed by atoms with Gasteiger partial charge in [-0.25, -0.2) is 0 Å². The van der Waals surface area contributed by atoms with E-state index in [1.807, 2.05) is 6.20 Å². The van der Waals surface area contributed by atoms with Crippen LogP contribution in [0.5, 0.6) is 0 Å². The molecule has 4 atom stereocenters. The molecule has 1 nitrogen and oxygen atoms in total. The van der Waals surface area contributed by atoms with Gasteiger partial charge in [-0.3, -0.25) is 4.98 Å². The normalized spacial score (nSPS) is 30.8. The van der Waals surface area contributed by atoms with Gasteiger partial charge in [-0.05, 0) is 79.9 Å². The maximum Gasteiger partial charge on any atom is 0.0704 e. The van der Waals surface area contributed by atoms with E-state index in [1.54, 1.807) is 0 Å². The monoisotopic (exact) mass is 293 g/mol. The van der Waals surface area contributed by atoms with Gasteiger partial charge in [-0.15, -0.1) is 0 Å². The molecule has 1 heteroatoms. The molecule has 3 fully saturated rings. The number of pyridine rings is 1. The fraction of sp³-hybridized carbons (Fsp3) is 0.571. The van der Waals surface area contributed by atoms with Crippen molar-refractivity contribution in [2.24, 2.45) is 23.7 Å². The number of aryl methyl sites for hydroxylation is 1. The number of fused-ring (bicyclic) bond motifs is 4. The summed E-state index contributed by atoms with van der Waals surface area (Å²) in [7, 11) is 0. The van der Waals surface area contributed by atoms with Crippen molar-refractivity contribution < 1.29 is 0 Å². The maximum absolute atomic E-state index is 4.50. The molecule has 2 aromatic rings. The Hall–Kier alpha value is -1.37. The molecule has 3 aliphatic carbocycles. The summed E-state index contributed by atoms with van der Waals surface area (Å²) >= 11 is 0. The molecule has 2 bridgehead atoms. The van der Waals surface area contributed by atoms with E-state index in [1.165, 1.54) is 55.9 Å². The topological polar surface area (TPSA) is 12.9 Å². The SMILES string of the molecule is CC[C@@H]1C[C@@H]2CC[C@H]1C[C@H]2CCc1ccnc2ccccc12. The molecule has 0 amide bonds. The summed E-state index contributed by atoms with van der Waals surface area (Å²) in [4.78, 5) is 4.50. The van der Waals surface area contributed by atoms with Gasteiger partial charge < -0.3 is 0 Å². The Labute approximate surface area is 134 Å². The predicted octanol–water partition coefficient (Wildman–Crippen LogP) is 5.63. The van der Waals surface area contributed by atoms with Crippen molar-refractivity contribution in [3.8, 4) is 0 Å². The average molecular weight is 293 g/mol. The van der Waals surface area contributed by atoms with Crippen molar-refractivity contribution in [1.82, 2.24) is 4.98 Å². The Kier molecular flexibility index (Phi) is 3.90. The lowest BCUT2D eigenvalue weighted by Crippen LogP contribution is -2.37. The summed E-state index contributed by atoms with van der Waals surface area (Å²) in [6.07, 6.45) is 12.0. The van der Waals surface area contributed by atoms with Crippen molar-refractivity contribution in [3.63, 3.8) is 0 Å². The summed E-state index contributed by atoms with van der Waals surface area (Å²) in [5.74, 6) is 4.07. The second kappa shape index (κ2) is 6.02. The van der Waals surface area contributed by atoms with Crippen molar-refractivity contribution >= 4 is 10.9 Å². The lowest BCUT2D eigenvalue weighted by Gasteiger charge is -2.47. The van der Waals surface area contributed by atoms with Crippen LogP contribution < -0.4 is 0 Å². The minimum atomic E-state index is 0.980. The van der Waals surface area contributed by atoms with E-state index >= 15 is 0 Å². The van der Waals surface area contributed by atoms with Crippen LogP contribution in [-0.4, -0.2) is 4.98 Å². The van der Waals surface area contributed by atoms with Gasteiger partial charge >= 0.3 is 0 Å². The van der Waals surface area contributed by atoms with E-state index in [9.17, 15) is 0 Å². The van der Waals surface area contributed by atoms with E-state index < -0.39 is 0 Å². The van der Waals surface area contributed by atoms with Crippen LogP contribution in [0.15, 0.2) is 36.5 Å². The second-order valence-corrected chi connectivity index (χ2v) is 7.52. The predicted molar refractivity (Wildman–Crippen MR) is 92.8 cm³/mol. The second-order valence-electron chi connectivity index (χ2n) is 7.52. The Morgan fingerprint density at radius 3 is 2.55 bits per heavy atom. The van der Waals surface area contributed by atoms with Gasteiger partial charge in [0.05, 0.1) is 5.52 Å². The summed E-state index contributed by atoms with van der Waals surface area (Å²) in [5, 5.41) is 1.36. The Balaban J connectivity index is 1.47. The molecule has 3 saturated carbocycles. The van der Waals surface area contributed by atoms with Crippen molar-refractivity contribution in [2.75, 3.05) is 0 Å². The zero-order valence-corrected chi connectivity index (χ0v) is 13.7. The zero-order chi connectivity index (χ0) is 14.9. The van der Waals surface area contributed by atoms with Gasteiger partial charge in [0, 0.05) is 11.6 Å². The molecule has 0 saturated heterocycles. The Morgan fingerprint density at radius 2 is 1.77 bits per heavy atom. The minimum absolute atomic E-state index is 0.980. The molecule has 0 radical (unpaired) electrons. The summed E-state index contributed by atoms with van der Waals surface area (Å²) in [6.45, 7) is 2.39. The van der Waals surface area contributed by atoms with E-state index in [0.29, 0.717) is 0 Å². The van der Waals surface area contributed by atoms with E-state index in [0.717, 1.165) is 29.2 Å². The van der Waals surface area contributed by atoms with Crippen LogP contribution in [0.2, 0.25) is 0 Å². The summed E-state index contributed by atoms with van der Waals surface area (Å²) in [5.41, 5.74) is 2.65. The fourth-order valence-corrected chi connectivity index (χ4v) is 5.25.